The molecule has 3 heterocycles. The second-order valence-corrected chi connectivity index (χ2v) is 12.0. The fourth-order valence-corrected chi connectivity index (χ4v) is 5.42. The number of rotatable bonds is 13. The lowest BCUT2D eigenvalue weighted by atomic mass is 10.0. The Morgan fingerprint density at radius 3 is 2.30 bits per heavy atom. The molecule has 0 saturated heterocycles. The number of aromatic nitrogens is 6. The molecule has 1 unspecified atom stereocenters. The zero-order chi connectivity index (χ0) is 26.5. The van der Waals surface area contributed by atoms with Crippen LogP contribution in [0.4, 0.5) is 0 Å². The first-order chi connectivity index (χ1) is 17.7. The van der Waals surface area contributed by atoms with Crippen LogP contribution in [-0.4, -0.2) is 23.7 Å². The van der Waals surface area contributed by atoms with Crippen molar-refractivity contribution in [2.45, 2.75) is 99.8 Å². The molecule has 4 aromatic rings. The van der Waals surface area contributed by atoms with Gasteiger partial charge in [0.2, 0.25) is 6.33 Å². The normalized spacial score (nSPS) is 13.0. The molecule has 0 radical (unpaired) electrons. The van der Waals surface area contributed by atoms with Crippen molar-refractivity contribution in [2.75, 3.05) is 0 Å². The van der Waals surface area contributed by atoms with Crippen molar-refractivity contribution in [3.05, 3.63) is 66.5 Å². The van der Waals surface area contributed by atoms with Crippen LogP contribution in [0.15, 0.2) is 49.2 Å². The highest BCUT2D eigenvalue weighted by atomic mass is 15.2. The van der Waals surface area contributed by atoms with Gasteiger partial charge in [-0.05, 0) is 56.6 Å². The Morgan fingerprint density at radius 1 is 0.811 bits per heavy atom. The first kappa shape index (κ1) is 27.2. The number of hydrogen-bond acceptors (Lipinski definition) is 2. The van der Waals surface area contributed by atoms with E-state index in [1.165, 1.54) is 34.8 Å². The third kappa shape index (κ3) is 6.71. The van der Waals surface area contributed by atoms with Crippen LogP contribution in [0.3, 0.4) is 0 Å². The van der Waals surface area contributed by atoms with E-state index < -0.39 is 0 Å². The van der Waals surface area contributed by atoms with Gasteiger partial charge in [0, 0.05) is 43.2 Å². The zero-order valence-electron chi connectivity index (χ0n) is 24.1. The van der Waals surface area contributed by atoms with Crippen molar-refractivity contribution in [1.82, 2.24) is 23.7 Å². The van der Waals surface area contributed by atoms with Crippen LogP contribution in [-0.2, 0) is 38.9 Å². The Balaban J connectivity index is 1.43. The average Bonchev–Trinajstić information content (AvgIpc) is 3.53. The fraction of sp³-hybridized carbons (Fsp3) is 0.581. The highest BCUT2D eigenvalue weighted by Gasteiger charge is 2.19. The van der Waals surface area contributed by atoms with Gasteiger partial charge in [0.05, 0.1) is 13.1 Å². The summed E-state index contributed by atoms with van der Waals surface area (Å²) in [6.45, 7) is 18.9. The van der Waals surface area contributed by atoms with Gasteiger partial charge in [-0.1, -0.05) is 46.8 Å². The zero-order valence-corrected chi connectivity index (χ0v) is 24.1. The number of aryl methyl sites for hydroxylation is 3. The largest absolute Gasteiger partial charge is 0.331 e. The molecule has 4 rings (SSSR count). The number of hydrogen-bond donors (Lipinski definition) is 0. The Hall–Kier alpha value is -2.89. The van der Waals surface area contributed by atoms with Crippen LogP contribution >= 0.6 is 0 Å². The smallest absolute Gasteiger partial charge is 0.244 e. The van der Waals surface area contributed by atoms with Gasteiger partial charge in [0.25, 0.3) is 0 Å². The molecule has 0 saturated carbocycles. The monoisotopic (exact) mass is 503 g/mol. The summed E-state index contributed by atoms with van der Waals surface area (Å²) >= 11 is 0. The van der Waals surface area contributed by atoms with Crippen LogP contribution in [0.2, 0.25) is 0 Å². The molecule has 1 aromatic carbocycles. The van der Waals surface area contributed by atoms with E-state index in [0.717, 1.165) is 38.9 Å². The van der Waals surface area contributed by atoms with Gasteiger partial charge >= 0.3 is 0 Å². The summed E-state index contributed by atoms with van der Waals surface area (Å²) in [6.07, 6.45) is 12.7. The molecule has 0 aliphatic rings. The first-order valence-electron chi connectivity index (χ1n) is 14.2. The highest BCUT2D eigenvalue weighted by molar-refractivity contribution is 5.71. The molecular formula is C31H47N6+. The quantitative estimate of drug-likeness (QED) is 0.202. The number of nitrogens with zero attached hydrogens (tertiary/aromatic N) is 6. The predicted octanol–water partition coefficient (Wildman–Crippen LogP) is 6.27. The van der Waals surface area contributed by atoms with E-state index in [1.807, 2.05) is 6.20 Å². The summed E-state index contributed by atoms with van der Waals surface area (Å²) in [7, 11) is 0. The molecule has 6 nitrogen and oxygen atoms in total. The minimum Gasteiger partial charge on any atom is -0.331 e. The Morgan fingerprint density at radius 2 is 1.57 bits per heavy atom. The molecule has 0 spiro atoms. The van der Waals surface area contributed by atoms with Crippen LogP contribution in [0.5, 0.6) is 0 Å². The van der Waals surface area contributed by atoms with Gasteiger partial charge < -0.3 is 9.13 Å². The van der Waals surface area contributed by atoms with E-state index in [2.05, 4.69) is 110 Å². The third-order valence-corrected chi connectivity index (χ3v) is 7.26. The standard InChI is InChI=1S/C31H47N6/c1-23(2)12-14-35-22-36(29-11-9-8-10-28(29)35)17-16-34-15-13-32-30(34)20-26(7)19-27-21-33-31(18-24(3)4)37(27)25(5)6/h8-11,13,15,21-26H,12,14,16-20H2,1-7H3/q+1. The van der Waals surface area contributed by atoms with Crippen LogP contribution < -0.4 is 4.57 Å². The van der Waals surface area contributed by atoms with Crippen LogP contribution in [0.25, 0.3) is 11.0 Å². The van der Waals surface area contributed by atoms with E-state index >= 15 is 0 Å². The van der Waals surface area contributed by atoms with Crippen molar-refractivity contribution in [3.8, 4) is 0 Å². The third-order valence-electron chi connectivity index (χ3n) is 7.26. The summed E-state index contributed by atoms with van der Waals surface area (Å²) < 4.78 is 9.61. The summed E-state index contributed by atoms with van der Waals surface area (Å²) in [5.41, 5.74) is 3.97. The average molecular weight is 504 g/mol. The molecule has 0 N–H and O–H groups in total. The van der Waals surface area contributed by atoms with E-state index in [9.17, 15) is 0 Å². The molecule has 0 aliphatic heterocycles. The van der Waals surface area contributed by atoms with E-state index in [0.29, 0.717) is 23.8 Å². The molecule has 0 aliphatic carbocycles. The van der Waals surface area contributed by atoms with Crippen molar-refractivity contribution in [3.63, 3.8) is 0 Å². The van der Waals surface area contributed by atoms with E-state index in [-0.39, 0.29) is 0 Å². The maximum atomic E-state index is 4.80. The van der Waals surface area contributed by atoms with Gasteiger partial charge in [0.1, 0.15) is 18.2 Å². The number of fused-ring (bicyclic) bond motifs is 1. The molecule has 0 amide bonds. The van der Waals surface area contributed by atoms with Crippen molar-refractivity contribution >= 4 is 11.0 Å². The topological polar surface area (TPSA) is 44.4 Å². The van der Waals surface area contributed by atoms with Crippen molar-refractivity contribution in [2.24, 2.45) is 17.8 Å². The van der Waals surface area contributed by atoms with Gasteiger partial charge in [-0.15, -0.1) is 0 Å². The summed E-state index contributed by atoms with van der Waals surface area (Å²) in [6, 6.07) is 9.20. The predicted molar refractivity (Wildman–Crippen MR) is 152 cm³/mol. The number of imidazole rings is 3. The summed E-state index contributed by atoms with van der Waals surface area (Å²) in [4.78, 5) is 9.55. The molecule has 3 aromatic heterocycles. The SMILES string of the molecule is CC(C)CC[n+]1cn(CCn2ccnc2CC(C)Cc2cnc(CC(C)C)n2C(C)C)c2ccccc21. The molecule has 1 atom stereocenters. The van der Waals surface area contributed by atoms with E-state index in [1.54, 1.807) is 0 Å². The molecule has 200 valence electrons. The molecular weight excluding hydrogens is 456 g/mol. The van der Waals surface area contributed by atoms with E-state index in [4.69, 9.17) is 9.97 Å². The lowest BCUT2D eigenvalue weighted by molar-refractivity contribution is -0.673. The molecule has 0 bridgehead atoms. The minimum absolute atomic E-state index is 0.431. The summed E-state index contributed by atoms with van der Waals surface area (Å²) in [5, 5.41) is 0. The Bertz CT molecular complexity index is 1270. The molecule has 0 fully saturated rings. The maximum absolute atomic E-state index is 4.80. The summed E-state index contributed by atoms with van der Waals surface area (Å²) in [5.74, 6) is 4.20. The van der Waals surface area contributed by atoms with Crippen LogP contribution in [0.1, 0.15) is 78.3 Å². The molecule has 6 heteroatoms. The maximum Gasteiger partial charge on any atom is 0.244 e. The fourth-order valence-electron chi connectivity index (χ4n) is 5.42. The van der Waals surface area contributed by atoms with Crippen LogP contribution in [0, 0.1) is 17.8 Å². The van der Waals surface area contributed by atoms with Crippen molar-refractivity contribution in [1.29, 1.82) is 0 Å². The van der Waals surface area contributed by atoms with Gasteiger partial charge in [0.15, 0.2) is 11.0 Å². The second kappa shape index (κ2) is 12.1. The van der Waals surface area contributed by atoms with Gasteiger partial charge in [-0.2, -0.15) is 0 Å². The van der Waals surface area contributed by atoms with Crippen molar-refractivity contribution < 1.29 is 4.57 Å². The Kier molecular flexibility index (Phi) is 8.88. The number of para-hydroxylation sites is 2. The van der Waals surface area contributed by atoms with Gasteiger partial charge in [-0.25, -0.2) is 19.1 Å². The first-order valence-corrected chi connectivity index (χ1v) is 14.2. The lowest BCUT2D eigenvalue weighted by Gasteiger charge is -2.19. The highest BCUT2D eigenvalue weighted by Crippen LogP contribution is 2.21. The Labute approximate surface area is 223 Å². The number of benzene rings is 1. The lowest BCUT2D eigenvalue weighted by Crippen LogP contribution is -2.33. The van der Waals surface area contributed by atoms with Gasteiger partial charge in [-0.3, -0.25) is 0 Å². The molecule has 37 heavy (non-hydrogen) atoms. The second-order valence-electron chi connectivity index (χ2n) is 12.0. The minimum atomic E-state index is 0.431.